The van der Waals surface area contributed by atoms with Crippen molar-refractivity contribution in [3.63, 3.8) is 0 Å². The van der Waals surface area contributed by atoms with Crippen molar-refractivity contribution in [2.75, 3.05) is 19.0 Å². The third-order valence-corrected chi connectivity index (χ3v) is 5.37. The number of nitro benzene ring substituents is 1. The Kier molecular flexibility index (Phi) is 5.96. The number of nitrogens with zero attached hydrogens (tertiary/aromatic N) is 1. The third kappa shape index (κ3) is 4.67. The minimum absolute atomic E-state index is 0.00118. The summed E-state index contributed by atoms with van der Waals surface area (Å²) in [7, 11) is -2.68. The van der Waals surface area contributed by atoms with Crippen LogP contribution in [0.25, 0.3) is 0 Å². The second kappa shape index (κ2) is 7.79. The second-order valence-electron chi connectivity index (χ2n) is 6.04. The first-order valence-corrected chi connectivity index (χ1v) is 9.41. The molecule has 9 nitrogen and oxygen atoms in total. The zero-order valence-corrected chi connectivity index (χ0v) is 14.6. The number of carbonyl (C=O) groups excluding carboxylic acids is 1. The number of anilines is 1. The van der Waals surface area contributed by atoms with E-state index in [1.807, 2.05) is 0 Å². The Balaban J connectivity index is 2.19. The number of hydrogen-bond acceptors (Lipinski definition) is 7. The molecule has 1 saturated carbocycles. The molecule has 0 radical (unpaired) electrons. The Labute approximate surface area is 145 Å². The smallest absolute Gasteiger partial charge is 0.309 e. The molecule has 138 valence electrons. The lowest BCUT2D eigenvalue weighted by Crippen LogP contribution is -2.32. The molecule has 0 bridgehead atoms. The van der Waals surface area contributed by atoms with Gasteiger partial charge in [0.05, 0.1) is 22.8 Å². The summed E-state index contributed by atoms with van der Waals surface area (Å²) in [6, 6.07) is 3.45. The molecule has 1 fully saturated rings. The normalized spacial score (nSPS) is 20.7. The summed E-state index contributed by atoms with van der Waals surface area (Å²) < 4.78 is 27.5. The highest BCUT2D eigenvalue weighted by Gasteiger charge is 2.32. The number of primary sulfonamides is 1. The van der Waals surface area contributed by atoms with Crippen LogP contribution >= 0.6 is 0 Å². The number of rotatable bonds is 6. The monoisotopic (exact) mass is 371 g/mol. The van der Waals surface area contributed by atoms with E-state index >= 15 is 0 Å². The summed E-state index contributed by atoms with van der Waals surface area (Å²) >= 11 is 0. The zero-order chi connectivity index (χ0) is 18.6. The van der Waals surface area contributed by atoms with Crippen LogP contribution in [-0.4, -0.2) is 33.0 Å². The molecule has 10 heteroatoms. The van der Waals surface area contributed by atoms with Crippen molar-refractivity contribution >= 4 is 27.4 Å². The van der Waals surface area contributed by atoms with Gasteiger partial charge in [0.1, 0.15) is 5.69 Å². The summed E-state index contributed by atoms with van der Waals surface area (Å²) in [5.74, 6) is -0.515. The Morgan fingerprint density at radius 1 is 1.40 bits per heavy atom. The van der Waals surface area contributed by atoms with Crippen molar-refractivity contribution in [3.8, 4) is 0 Å². The molecule has 2 rings (SSSR count). The molecule has 0 aromatic heterocycles. The number of esters is 1. The van der Waals surface area contributed by atoms with Gasteiger partial charge in [-0.15, -0.1) is 0 Å². The third-order valence-electron chi connectivity index (χ3n) is 4.46. The molecule has 2 unspecified atom stereocenters. The Morgan fingerprint density at radius 3 is 2.68 bits per heavy atom. The Bertz CT molecular complexity index is 765. The van der Waals surface area contributed by atoms with E-state index in [1.165, 1.54) is 19.2 Å². The van der Waals surface area contributed by atoms with Gasteiger partial charge in [-0.3, -0.25) is 14.9 Å². The number of nitrogens with one attached hydrogen (secondary N) is 1. The number of ether oxygens (including phenoxy) is 1. The van der Waals surface area contributed by atoms with Crippen LogP contribution in [0.3, 0.4) is 0 Å². The van der Waals surface area contributed by atoms with Crippen molar-refractivity contribution in [2.45, 2.75) is 30.6 Å². The first-order chi connectivity index (χ1) is 11.7. The minimum atomic E-state index is -4.03. The second-order valence-corrected chi connectivity index (χ2v) is 7.60. The maximum Gasteiger partial charge on any atom is 0.309 e. The molecule has 0 saturated heterocycles. The predicted molar refractivity (Wildman–Crippen MR) is 90.4 cm³/mol. The van der Waals surface area contributed by atoms with Gasteiger partial charge in [-0.25, -0.2) is 13.6 Å². The van der Waals surface area contributed by atoms with Gasteiger partial charge in [0, 0.05) is 12.6 Å². The Hall–Kier alpha value is -2.20. The van der Waals surface area contributed by atoms with E-state index in [1.54, 1.807) is 0 Å². The number of hydrogen-bond donors (Lipinski definition) is 2. The maximum absolute atomic E-state index is 11.9. The van der Waals surface area contributed by atoms with Crippen LogP contribution in [0.5, 0.6) is 0 Å². The van der Waals surface area contributed by atoms with Crippen molar-refractivity contribution in [1.29, 1.82) is 0 Å². The summed E-state index contributed by atoms with van der Waals surface area (Å²) in [4.78, 5) is 22.1. The van der Waals surface area contributed by atoms with E-state index in [9.17, 15) is 23.3 Å². The fourth-order valence-electron chi connectivity index (χ4n) is 3.14. The largest absolute Gasteiger partial charge is 0.469 e. The molecular formula is C15H21N3O6S. The van der Waals surface area contributed by atoms with Crippen LogP contribution in [0, 0.1) is 22.0 Å². The van der Waals surface area contributed by atoms with E-state index in [-0.39, 0.29) is 34.1 Å². The van der Waals surface area contributed by atoms with E-state index in [2.05, 4.69) is 5.32 Å². The van der Waals surface area contributed by atoms with E-state index in [0.717, 1.165) is 31.7 Å². The Morgan fingerprint density at radius 2 is 2.08 bits per heavy atom. The number of nitrogens with two attached hydrogens (primary N) is 1. The average molecular weight is 371 g/mol. The van der Waals surface area contributed by atoms with Crippen LogP contribution in [0.15, 0.2) is 23.1 Å². The molecule has 2 atom stereocenters. The first-order valence-electron chi connectivity index (χ1n) is 7.87. The fourth-order valence-corrected chi connectivity index (χ4v) is 3.68. The summed E-state index contributed by atoms with van der Waals surface area (Å²) in [6.07, 6.45) is 3.47. The van der Waals surface area contributed by atoms with Crippen LogP contribution in [-0.2, 0) is 19.6 Å². The van der Waals surface area contributed by atoms with Gasteiger partial charge in [-0.2, -0.15) is 0 Å². The molecule has 1 aliphatic carbocycles. The van der Waals surface area contributed by atoms with E-state index < -0.39 is 14.9 Å². The molecule has 0 spiro atoms. The van der Waals surface area contributed by atoms with Crippen LogP contribution in [0.2, 0.25) is 0 Å². The van der Waals surface area contributed by atoms with Crippen molar-refractivity contribution in [3.05, 3.63) is 28.3 Å². The quantitative estimate of drug-likeness (QED) is 0.439. The average Bonchev–Trinajstić information content (AvgIpc) is 2.58. The molecule has 1 aromatic rings. The van der Waals surface area contributed by atoms with Gasteiger partial charge in [0.2, 0.25) is 10.0 Å². The summed E-state index contributed by atoms with van der Waals surface area (Å²) in [5.41, 5.74) is -0.191. The van der Waals surface area contributed by atoms with Crippen LogP contribution in [0.4, 0.5) is 11.4 Å². The fraction of sp³-hybridized carbons (Fsp3) is 0.533. The summed E-state index contributed by atoms with van der Waals surface area (Å²) in [6.45, 7) is 0.356. The molecule has 3 N–H and O–H groups in total. The highest BCUT2D eigenvalue weighted by Crippen LogP contribution is 2.33. The van der Waals surface area contributed by atoms with Gasteiger partial charge < -0.3 is 10.1 Å². The van der Waals surface area contributed by atoms with E-state index in [0.29, 0.717) is 6.54 Å². The van der Waals surface area contributed by atoms with Crippen LogP contribution < -0.4 is 10.5 Å². The number of carbonyl (C=O) groups is 1. The lowest BCUT2D eigenvalue weighted by atomic mass is 9.79. The van der Waals surface area contributed by atoms with Gasteiger partial charge in [-0.1, -0.05) is 12.8 Å². The van der Waals surface area contributed by atoms with Crippen molar-refractivity contribution < 1.29 is 22.9 Å². The zero-order valence-electron chi connectivity index (χ0n) is 13.8. The lowest BCUT2D eigenvalue weighted by molar-refractivity contribution is -0.384. The van der Waals surface area contributed by atoms with Gasteiger partial charge in [-0.05, 0) is 30.9 Å². The number of nitro groups is 1. The first kappa shape index (κ1) is 19.1. The number of benzene rings is 1. The number of methoxy groups -OCH3 is 1. The standard InChI is InChI=1S/C15H21N3O6S/c1-24-15(19)12-5-3-2-4-10(12)9-17-13-7-6-11(25(16,22)23)8-14(13)18(20)21/h6-8,10,12,17H,2-5,9H2,1H3,(H2,16,22,23). The van der Waals surface area contributed by atoms with Gasteiger partial charge in [0.25, 0.3) is 5.69 Å². The molecule has 0 heterocycles. The van der Waals surface area contributed by atoms with Crippen LogP contribution in [0.1, 0.15) is 25.7 Å². The molecule has 1 aromatic carbocycles. The van der Waals surface area contributed by atoms with Crippen molar-refractivity contribution in [2.24, 2.45) is 17.0 Å². The molecule has 0 amide bonds. The molecule has 1 aliphatic rings. The molecular weight excluding hydrogens is 350 g/mol. The number of sulfonamides is 1. The lowest BCUT2D eigenvalue weighted by Gasteiger charge is -2.29. The highest BCUT2D eigenvalue weighted by atomic mass is 32.2. The summed E-state index contributed by atoms with van der Waals surface area (Å²) in [5, 5.41) is 19.2. The predicted octanol–water partition coefficient (Wildman–Crippen LogP) is 1.63. The SMILES string of the molecule is COC(=O)C1CCCCC1CNc1ccc(S(N)(=O)=O)cc1[N+](=O)[O-]. The minimum Gasteiger partial charge on any atom is -0.469 e. The van der Waals surface area contributed by atoms with E-state index in [4.69, 9.17) is 9.88 Å². The van der Waals surface area contributed by atoms with Gasteiger partial charge >= 0.3 is 5.97 Å². The topological polar surface area (TPSA) is 142 Å². The highest BCUT2D eigenvalue weighted by molar-refractivity contribution is 7.89. The van der Waals surface area contributed by atoms with Crippen molar-refractivity contribution in [1.82, 2.24) is 0 Å². The molecule has 25 heavy (non-hydrogen) atoms. The maximum atomic E-state index is 11.9. The van der Waals surface area contributed by atoms with Gasteiger partial charge in [0.15, 0.2) is 0 Å². The molecule has 0 aliphatic heterocycles.